The fourth-order valence-electron chi connectivity index (χ4n) is 2.47. The molecule has 1 heterocycles. The number of aliphatic hydroxyl groups is 1. The van der Waals surface area contributed by atoms with E-state index in [-0.39, 0.29) is 12.4 Å². The average molecular weight is 335 g/mol. The van der Waals surface area contributed by atoms with Crippen LogP contribution < -0.4 is 0 Å². The number of benzene rings is 1. The maximum absolute atomic E-state index is 13.9. The molecule has 0 aliphatic carbocycles. The van der Waals surface area contributed by atoms with Crippen molar-refractivity contribution >= 4 is 0 Å². The number of aliphatic hydroxyl groups excluding tert-OH is 1. The highest BCUT2D eigenvalue weighted by molar-refractivity contribution is 5.17. The minimum absolute atomic E-state index is 0.243. The van der Waals surface area contributed by atoms with Crippen molar-refractivity contribution in [3.05, 3.63) is 59.8 Å². The maximum Gasteiger partial charge on any atom is 0.127 e. The van der Waals surface area contributed by atoms with Gasteiger partial charge in [0, 0.05) is 25.3 Å². The van der Waals surface area contributed by atoms with Gasteiger partial charge in [-0.2, -0.15) is 0 Å². The van der Waals surface area contributed by atoms with Crippen LogP contribution in [0.15, 0.2) is 47.1 Å². The van der Waals surface area contributed by atoms with E-state index in [1.165, 1.54) is 6.07 Å². The minimum atomic E-state index is -0.634. The molecule has 4 nitrogen and oxygen atoms in total. The summed E-state index contributed by atoms with van der Waals surface area (Å²) in [5.74, 6) is 0.962. The number of furan rings is 1. The van der Waals surface area contributed by atoms with Gasteiger partial charge in [-0.25, -0.2) is 4.39 Å². The fourth-order valence-corrected chi connectivity index (χ4v) is 2.47. The molecule has 1 N–H and O–H groups in total. The normalized spacial score (nSPS) is 12.9. The molecule has 0 saturated heterocycles. The van der Waals surface area contributed by atoms with Crippen molar-refractivity contribution in [3.63, 3.8) is 0 Å². The molecule has 0 spiro atoms. The molecular weight excluding hydrogens is 309 g/mol. The van der Waals surface area contributed by atoms with Gasteiger partial charge in [0.2, 0.25) is 0 Å². The monoisotopic (exact) mass is 335 g/mol. The maximum atomic E-state index is 13.9. The highest BCUT2D eigenvalue weighted by Crippen LogP contribution is 2.14. The van der Waals surface area contributed by atoms with E-state index in [0.29, 0.717) is 37.7 Å². The molecule has 0 aliphatic heterocycles. The molecule has 5 heteroatoms. The molecule has 0 aliphatic rings. The number of hydrogen-bond acceptors (Lipinski definition) is 4. The van der Waals surface area contributed by atoms with E-state index in [9.17, 15) is 9.50 Å². The first-order valence-corrected chi connectivity index (χ1v) is 8.28. The van der Waals surface area contributed by atoms with Crippen molar-refractivity contribution in [1.82, 2.24) is 4.90 Å². The summed E-state index contributed by atoms with van der Waals surface area (Å²) >= 11 is 0. The fraction of sp³-hybridized carbons (Fsp3) is 0.474. The van der Waals surface area contributed by atoms with Crippen LogP contribution in [0.5, 0.6) is 0 Å². The molecule has 0 saturated carbocycles. The second-order valence-corrected chi connectivity index (χ2v) is 6.43. The van der Waals surface area contributed by atoms with Crippen LogP contribution in [0.2, 0.25) is 0 Å². The average Bonchev–Trinajstić information content (AvgIpc) is 3.02. The van der Waals surface area contributed by atoms with Crippen LogP contribution in [-0.4, -0.2) is 35.9 Å². The van der Waals surface area contributed by atoms with Crippen LogP contribution in [0.1, 0.15) is 25.2 Å². The molecule has 0 fully saturated rings. The number of hydrogen-bond donors (Lipinski definition) is 1. The quantitative estimate of drug-likeness (QED) is 0.722. The van der Waals surface area contributed by atoms with E-state index in [4.69, 9.17) is 9.15 Å². The summed E-state index contributed by atoms with van der Waals surface area (Å²) in [6.45, 7) is 6.29. The molecule has 0 unspecified atom stereocenters. The molecule has 0 amide bonds. The minimum Gasteiger partial charge on any atom is -0.468 e. The summed E-state index contributed by atoms with van der Waals surface area (Å²) in [5.41, 5.74) is 0.597. The Morgan fingerprint density at radius 2 is 1.92 bits per heavy atom. The second kappa shape index (κ2) is 9.57. The summed E-state index contributed by atoms with van der Waals surface area (Å²) in [5, 5.41) is 10.2. The first kappa shape index (κ1) is 18.6. The van der Waals surface area contributed by atoms with Gasteiger partial charge in [-0.1, -0.05) is 32.0 Å². The smallest absolute Gasteiger partial charge is 0.127 e. The Balaban J connectivity index is 1.96. The molecule has 0 radical (unpaired) electrons. The SMILES string of the molecule is CC(C)COC[C@H](O)CN(Cc1ccco1)Cc1ccccc1F. The van der Waals surface area contributed by atoms with Gasteiger partial charge in [-0.15, -0.1) is 0 Å². The number of halogens is 1. The highest BCUT2D eigenvalue weighted by atomic mass is 19.1. The lowest BCUT2D eigenvalue weighted by Crippen LogP contribution is -2.34. The van der Waals surface area contributed by atoms with Gasteiger partial charge in [0.15, 0.2) is 0 Å². The van der Waals surface area contributed by atoms with E-state index in [1.807, 2.05) is 23.1 Å². The second-order valence-electron chi connectivity index (χ2n) is 6.43. The number of rotatable bonds is 10. The first-order chi connectivity index (χ1) is 11.5. The van der Waals surface area contributed by atoms with Gasteiger partial charge in [-0.3, -0.25) is 4.90 Å². The van der Waals surface area contributed by atoms with Crippen molar-refractivity contribution in [1.29, 1.82) is 0 Å². The van der Waals surface area contributed by atoms with Crippen LogP contribution in [0, 0.1) is 11.7 Å². The van der Waals surface area contributed by atoms with E-state index in [0.717, 1.165) is 5.76 Å². The van der Waals surface area contributed by atoms with Crippen molar-refractivity contribution in [2.75, 3.05) is 19.8 Å². The van der Waals surface area contributed by atoms with Gasteiger partial charge >= 0.3 is 0 Å². The predicted molar refractivity (Wildman–Crippen MR) is 90.9 cm³/mol. The molecule has 24 heavy (non-hydrogen) atoms. The highest BCUT2D eigenvalue weighted by Gasteiger charge is 2.16. The van der Waals surface area contributed by atoms with E-state index in [2.05, 4.69) is 13.8 Å². The Hall–Kier alpha value is -1.69. The molecule has 2 aromatic rings. The van der Waals surface area contributed by atoms with E-state index >= 15 is 0 Å². The van der Waals surface area contributed by atoms with Crippen LogP contribution in [-0.2, 0) is 17.8 Å². The topological polar surface area (TPSA) is 45.8 Å². The molecule has 0 bridgehead atoms. The Morgan fingerprint density at radius 1 is 1.12 bits per heavy atom. The largest absolute Gasteiger partial charge is 0.468 e. The lowest BCUT2D eigenvalue weighted by Gasteiger charge is -2.24. The first-order valence-electron chi connectivity index (χ1n) is 8.28. The summed E-state index contributed by atoms with van der Waals surface area (Å²) < 4.78 is 24.8. The molecule has 132 valence electrons. The third kappa shape index (κ3) is 6.43. The summed E-state index contributed by atoms with van der Waals surface area (Å²) in [6, 6.07) is 10.4. The third-order valence-electron chi connectivity index (χ3n) is 3.54. The summed E-state index contributed by atoms with van der Waals surface area (Å²) in [4.78, 5) is 1.96. The Labute approximate surface area is 142 Å². The lowest BCUT2D eigenvalue weighted by molar-refractivity contribution is 0.00444. The van der Waals surface area contributed by atoms with E-state index in [1.54, 1.807) is 18.4 Å². The number of nitrogens with zero attached hydrogens (tertiary/aromatic N) is 1. The van der Waals surface area contributed by atoms with Crippen molar-refractivity contribution in [3.8, 4) is 0 Å². The van der Waals surface area contributed by atoms with Crippen molar-refractivity contribution in [2.24, 2.45) is 5.92 Å². The molecule has 1 aromatic heterocycles. The molecule has 2 rings (SSSR count). The van der Waals surface area contributed by atoms with Gasteiger partial charge in [0.05, 0.1) is 25.5 Å². The summed E-state index contributed by atoms with van der Waals surface area (Å²) in [6.07, 6.45) is 0.976. The van der Waals surface area contributed by atoms with Crippen LogP contribution >= 0.6 is 0 Å². The standard InChI is InChI=1S/C19H26FNO3/c1-15(2)13-23-14-17(22)11-21(12-18-7-5-9-24-18)10-16-6-3-4-8-19(16)20/h3-9,15,17,22H,10-14H2,1-2H3/t17-/m1/s1. The van der Waals surface area contributed by atoms with Crippen LogP contribution in [0.4, 0.5) is 4.39 Å². The molecule has 1 aromatic carbocycles. The van der Waals surface area contributed by atoms with Crippen molar-refractivity contribution in [2.45, 2.75) is 33.0 Å². The zero-order valence-corrected chi connectivity index (χ0v) is 14.3. The zero-order chi connectivity index (χ0) is 17.4. The van der Waals surface area contributed by atoms with Gasteiger partial charge in [0.25, 0.3) is 0 Å². The van der Waals surface area contributed by atoms with E-state index < -0.39 is 6.10 Å². The van der Waals surface area contributed by atoms with Gasteiger partial charge in [0.1, 0.15) is 11.6 Å². The van der Waals surface area contributed by atoms with Crippen LogP contribution in [0.25, 0.3) is 0 Å². The Morgan fingerprint density at radius 3 is 2.58 bits per heavy atom. The van der Waals surface area contributed by atoms with Crippen molar-refractivity contribution < 1.29 is 18.7 Å². The Bertz CT molecular complexity index is 586. The summed E-state index contributed by atoms with van der Waals surface area (Å²) in [7, 11) is 0. The van der Waals surface area contributed by atoms with Crippen LogP contribution in [0.3, 0.4) is 0 Å². The van der Waals surface area contributed by atoms with Gasteiger partial charge in [-0.05, 0) is 24.1 Å². The van der Waals surface area contributed by atoms with Gasteiger partial charge < -0.3 is 14.3 Å². The molecule has 1 atom stereocenters. The molecular formula is C19H26FNO3. The lowest BCUT2D eigenvalue weighted by atomic mass is 10.2. The predicted octanol–water partition coefficient (Wildman–Crippen LogP) is 3.45. The number of ether oxygens (including phenoxy) is 1. The Kier molecular flexibility index (Phi) is 7.43. The third-order valence-corrected chi connectivity index (χ3v) is 3.54. The zero-order valence-electron chi connectivity index (χ0n) is 14.3.